The first kappa shape index (κ1) is 17.1. The highest BCUT2D eigenvalue weighted by Gasteiger charge is 2.27. The molecule has 1 atom stereocenters. The van der Waals surface area contributed by atoms with Crippen molar-refractivity contribution >= 4 is 5.91 Å². The average Bonchev–Trinajstić information content (AvgIpc) is 2.75. The minimum atomic E-state index is -0.0371. The Kier molecular flexibility index (Phi) is 5.05. The van der Waals surface area contributed by atoms with Crippen LogP contribution in [0, 0.1) is 0 Å². The molecule has 2 aromatic heterocycles. The highest BCUT2D eigenvalue weighted by molar-refractivity contribution is 5.92. The molecule has 3 aromatic rings. The summed E-state index contributed by atoms with van der Waals surface area (Å²) in [5, 5.41) is 0. The monoisotopic (exact) mass is 360 g/mol. The van der Waals surface area contributed by atoms with E-state index in [9.17, 15) is 4.79 Å². The molecule has 27 heavy (non-hydrogen) atoms. The Morgan fingerprint density at radius 1 is 1.07 bits per heavy atom. The van der Waals surface area contributed by atoms with Gasteiger partial charge in [0, 0.05) is 31.4 Å². The molecule has 0 aliphatic carbocycles. The number of carbonyl (C=O) groups is 1. The predicted molar refractivity (Wildman–Crippen MR) is 101 cm³/mol. The summed E-state index contributed by atoms with van der Waals surface area (Å²) < 4.78 is 5.79. The van der Waals surface area contributed by atoms with E-state index >= 15 is 0 Å². The van der Waals surface area contributed by atoms with Crippen molar-refractivity contribution in [1.29, 1.82) is 0 Å². The summed E-state index contributed by atoms with van der Waals surface area (Å²) in [7, 11) is 0. The number of benzene rings is 1. The molecular weight excluding hydrogens is 340 g/mol. The van der Waals surface area contributed by atoms with Gasteiger partial charge in [0.1, 0.15) is 11.4 Å². The lowest BCUT2D eigenvalue weighted by molar-refractivity contribution is 0.0699. The summed E-state index contributed by atoms with van der Waals surface area (Å²) >= 11 is 0. The summed E-state index contributed by atoms with van der Waals surface area (Å²) in [6.45, 7) is 1.35. The lowest BCUT2D eigenvalue weighted by atomic mass is 9.95. The summed E-state index contributed by atoms with van der Waals surface area (Å²) in [6.07, 6.45) is 6.90. The molecule has 0 bridgehead atoms. The number of piperidine rings is 1. The van der Waals surface area contributed by atoms with Crippen molar-refractivity contribution in [3.8, 4) is 11.6 Å². The van der Waals surface area contributed by atoms with Gasteiger partial charge in [-0.25, -0.2) is 4.98 Å². The Morgan fingerprint density at radius 2 is 1.93 bits per heavy atom. The fraction of sp³-hybridized carbons (Fsp3) is 0.238. The molecule has 0 saturated carbocycles. The van der Waals surface area contributed by atoms with E-state index in [0.29, 0.717) is 18.1 Å². The quantitative estimate of drug-likeness (QED) is 0.710. The van der Waals surface area contributed by atoms with Crippen molar-refractivity contribution in [3.05, 3.63) is 78.5 Å². The molecular formula is C21H20N4O2. The van der Waals surface area contributed by atoms with Crippen LogP contribution in [0.15, 0.2) is 67.1 Å². The van der Waals surface area contributed by atoms with Crippen LogP contribution < -0.4 is 4.74 Å². The lowest BCUT2D eigenvalue weighted by Gasteiger charge is -2.32. The van der Waals surface area contributed by atoms with Crippen molar-refractivity contribution in [2.75, 3.05) is 13.1 Å². The molecule has 1 unspecified atom stereocenters. The van der Waals surface area contributed by atoms with E-state index in [4.69, 9.17) is 4.74 Å². The summed E-state index contributed by atoms with van der Waals surface area (Å²) in [6, 6.07) is 14.9. The molecule has 1 fully saturated rings. The molecule has 1 saturated heterocycles. The number of carbonyl (C=O) groups excluding carboxylic acids is 1. The van der Waals surface area contributed by atoms with E-state index in [1.165, 1.54) is 0 Å². The van der Waals surface area contributed by atoms with Gasteiger partial charge in [0.25, 0.3) is 5.91 Å². The highest BCUT2D eigenvalue weighted by atomic mass is 16.5. The number of hydrogen-bond donors (Lipinski definition) is 0. The normalized spacial score (nSPS) is 16.7. The SMILES string of the molecule is O=C(c1ccccn1)N1CCCC(c2cncc(Oc3ccccc3)n2)C1. The van der Waals surface area contributed by atoms with Crippen LogP contribution in [0.3, 0.4) is 0 Å². The first-order valence-corrected chi connectivity index (χ1v) is 9.05. The number of amides is 1. The van der Waals surface area contributed by atoms with Gasteiger partial charge in [-0.05, 0) is 37.1 Å². The van der Waals surface area contributed by atoms with E-state index in [2.05, 4.69) is 15.0 Å². The molecule has 1 amide bonds. The fourth-order valence-electron chi connectivity index (χ4n) is 3.27. The molecule has 1 aliphatic heterocycles. The molecule has 0 spiro atoms. The van der Waals surface area contributed by atoms with Crippen LogP contribution in [0.2, 0.25) is 0 Å². The van der Waals surface area contributed by atoms with E-state index < -0.39 is 0 Å². The Hall–Kier alpha value is -3.28. The number of rotatable bonds is 4. The maximum Gasteiger partial charge on any atom is 0.272 e. The largest absolute Gasteiger partial charge is 0.437 e. The molecule has 6 nitrogen and oxygen atoms in total. The third-order valence-corrected chi connectivity index (χ3v) is 4.61. The number of aromatic nitrogens is 3. The van der Waals surface area contributed by atoms with Crippen LogP contribution in [-0.2, 0) is 0 Å². The minimum absolute atomic E-state index is 0.0371. The van der Waals surface area contributed by atoms with Gasteiger partial charge in [0.15, 0.2) is 0 Å². The average molecular weight is 360 g/mol. The zero-order valence-corrected chi connectivity index (χ0v) is 14.9. The van der Waals surface area contributed by atoms with Crippen LogP contribution >= 0.6 is 0 Å². The smallest absolute Gasteiger partial charge is 0.272 e. The number of hydrogen-bond acceptors (Lipinski definition) is 5. The fourth-order valence-corrected chi connectivity index (χ4v) is 3.27. The summed E-state index contributed by atoms with van der Waals surface area (Å²) in [4.78, 5) is 27.6. The first-order chi connectivity index (χ1) is 13.3. The minimum Gasteiger partial charge on any atom is -0.437 e. The Labute approximate surface area is 157 Å². The topological polar surface area (TPSA) is 68.2 Å². The molecule has 6 heteroatoms. The van der Waals surface area contributed by atoms with E-state index in [-0.39, 0.29) is 11.8 Å². The Bertz CT molecular complexity index is 902. The second kappa shape index (κ2) is 7.95. The van der Waals surface area contributed by atoms with Crippen molar-refractivity contribution < 1.29 is 9.53 Å². The van der Waals surface area contributed by atoms with E-state index in [1.807, 2.05) is 47.4 Å². The lowest BCUT2D eigenvalue weighted by Crippen LogP contribution is -2.39. The van der Waals surface area contributed by atoms with Gasteiger partial charge in [-0.3, -0.25) is 14.8 Å². The second-order valence-electron chi connectivity index (χ2n) is 6.50. The molecule has 1 aromatic carbocycles. The number of nitrogens with zero attached hydrogens (tertiary/aromatic N) is 4. The highest BCUT2D eigenvalue weighted by Crippen LogP contribution is 2.28. The van der Waals surface area contributed by atoms with Crippen LogP contribution in [0.5, 0.6) is 11.6 Å². The van der Waals surface area contributed by atoms with Gasteiger partial charge in [-0.1, -0.05) is 24.3 Å². The number of pyridine rings is 1. The third kappa shape index (κ3) is 4.11. The molecule has 4 rings (SSSR count). The molecule has 3 heterocycles. The second-order valence-corrected chi connectivity index (χ2v) is 6.50. The van der Waals surface area contributed by atoms with Gasteiger partial charge >= 0.3 is 0 Å². The Balaban J connectivity index is 1.48. The van der Waals surface area contributed by atoms with Crippen LogP contribution in [0.4, 0.5) is 0 Å². The molecule has 0 N–H and O–H groups in total. The molecule has 0 radical (unpaired) electrons. The van der Waals surface area contributed by atoms with Crippen molar-refractivity contribution in [2.45, 2.75) is 18.8 Å². The number of para-hydroxylation sites is 1. The van der Waals surface area contributed by atoms with Gasteiger partial charge in [0.2, 0.25) is 5.88 Å². The van der Waals surface area contributed by atoms with Crippen molar-refractivity contribution in [3.63, 3.8) is 0 Å². The molecule has 1 aliphatic rings. The van der Waals surface area contributed by atoms with E-state index in [1.54, 1.807) is 24.7 Å². The number of likely N-dealkylation sites (tertiary alicyclic amines) is 1. The standard InChI is InChI=1S/C21H20N4O2/c26-21(18-10-4-5-11-23-18)25-12-6-7-16(15-25)19-13-22-14-20(24-19)27-17-8-2-1-3-9-17/h1-5,8-11,13-14,16H,6-7,12,15H2. The zero-order valence-electron chi connectivity index (χ0n) is 14.9. The maximum absolute atomic E-state index is 12.7. The predicted octanol–water partition coefficient (Wildman–Crippen LogP) is 3.68. The van der Waals surface area contributed by atoms with Crippen molar-refractivity contribution in [1.82, 2.24) is 19.9 Å². The summed E-state index contributed by atoms with van der Waals surface area (Å²) in [5.41, 5.74) is 1.33. The van der Waals surface area contributed by atoms with Gasteiger partial charge in [-0.15, -0.1) is 0 Å². The van der Waals surface area contributed by atoms with Gasteiger partial charge in [0.05, 0.1) is 11.9 Å². The first-order valence-electron chi connectivity index (χ1n) is 9.05. The van der Waals surface area contributed by atoms with Crippen LogP contribution in [0.25, 0.3) is 0 Å². The zero-order chi connectivity index (χ0) is 18.5. The van der Waals surface area contributed by atoms with E-state index in [0.717, 1.165) is 30.8 Å². The van der Waals surface area contributed by atoms with Crippen molar-refractivity contribution in [2.24, 2.45) is 0 Å². The Morgan fingerprint density at radius 3 is 2.74 bits per heavy atom. The van der Waals surface area contributed by atoms with Gasteiger partial charge < -0.3 is 9.64 Å². The third-order valence-electron chi connectivity index (χ3n) is 4.61. The molecule has 136 valence electrons. The van der Waals surface area contributed by atoms with Gasteiger partial charge in [-0.2, -0.15) is 0 Å². The van der Waals surface area contributed by atoms with Crippen LogP contribution in [-0.4, -0.2) is 38.8 Å². The summed E-state index contributed by atoms with van der Waals surface area (Å²) in [5.74, 6) is 1.29. The number of ether oxygens (including phenoxy) is 1. The maximum atomic E-state index is 12.7. The van der Waals surface area contributed by atoms with Crippen LogP contribution in [0.1, 0.15) is 34.9 Å².